The summed E-state index contributed by atoms with van der Waals surface area (Å²) in [7, 11) is 0. The highest BCUT2D eigenvalue weighted by Gasteiger charge is 2.46. The SMILES string of the molecule is CC1(C)c2ccccc2-c2cc3c(cc21)N(c1c2ccccc2c(Br)c2ccccc12)c1ccccc1C3(C)C.Cc1cccc(Cc2cccc(C)c2)c1.Cc1cccc(N(c2cccc(C)c2)c2c3ccccc3c(C3c4ccccc4C(C)(C)c4cc5c(cc43)C(C)(C)c3ccccc3-5)c3ccccc23)c1. The fourth-order valence-electron chi connectivity index (χ4n) is 19.4. The Morgan fingerprint density at radius 1 is 0.294 bits per heavy atom. The van der Waals surface area contributed by atoms with Crippen molar-refractivity contribution >= 4 is 93.1 Å². The van der Waals surface area contributed by atoms with Crippen molar-refractivity contribution in [3.63, 3.8) is 0 Å². The van der Waals surface area contributed by atoms with Crippen LogP contribution >= 0.6 is 15.9 Å². The Morgan fingerprint density at radius 2 is 0.688 bits per heavy atom. The molecule has 1 atom stereocenters. The molecule has 0 fully saturated rings. The van der Waals surface area contributed by atoms with E-state index in [1.807, 2.05) is 0 Å². The monoisotopic (exact) mass is 1470 g/mol. The van der Waals surface area contributed by atoms with Gasteiger partial charge in [0.05, 0.1) is 22.7 Å². The van der Waals surface area contributed by atoms with Gasteiger partial charge in [0.2, 0.25) is 0 Å². The average molecular weight is 1470 g/mol. The summed E-state index contributed by atoms with van der Waals surface area (Å²) in [5.74, 6) is 0.0456. The van der Waals surface area contributed by atoms with Crippen LogP contribution in [-0.2, 0) is 28.1 Å². The highest BCUT2D eigenvalue weighted by atomic mass is 79.9. The van der Waals surface area contributed by atoms with Crippen LogP contribution in [0.2, 0.25) is 0 Å². The predicted octanol–water partition coefficient (Wildman–Crippen LogP) is 29.3. The molecule has 2 nitrogen and oxygen atoms in total. The lowest BCUT2D eigenvalue weighted by molar-refractivity contribution is 0.595. The van der Waals surface area contributed by atoms with Gasteiger partial charge in [0.25, 0.3) is 0 Å². The second-order valence-corrected chi connectivity index (χ2v) is 33.9. The van der Waals surface area contributed by atoms with Crippen molar-refractivity contribution in [2.75, 3.05) is 9.80 Å². The quantitative estimate of drug-likeness (QED) is 0.147. The Bertz CT molecular complexity index is 6170. The Kier molecular flexibility index (Phi) is 16.9. The maximum atomic E-state index is 3.98. The highest BCUT2D eigenvalue weighted by Crippen LogP contribution is 2.62. The molecule has 0 saturated carbocycles. The molecule has 0 spiro atoms. The number of rotatable bonds is 7. The van der Waals surface area contributed by atoms with Gasteiger partial charge in [-0.2, -0.15) is 0 Å². The van der Waals surface area contributed by atoms with E-state index in [1.54, 1.807) is 0 Å². The first-order chi connectivity index (χ1) is 52.7. The lowest BCUT2D eigenvalue weighted by Crippen LogP contribution is -2.31. The van der Waals surface area contributed by atoms with Gasteiger partial charge in [-0.05, 0) is 226 Å². The summed E-state index contributed by atoms with van der Waals surface area (Å²) < 4.78 is 1.15. The van der Waals surface area contributed by atoms with Crippen molar-refractivity contribution < 1.29 is 0 Å². The molecule has 109 heavy (non-hydrogen) atoms. The molecule has 0 aromatic heterocycles. The molecule has 16 aromatic rings. The Labute approximate surface area is 652 Å². The normalized spacial score (nSPS) is 15.2. The van der Waals surface area contributed by atoms with E-state index in [0.717, 1.165) is 22.3 Å². The zero-order chi connectivity index (χ0) is 75.0. The first kappa shape index (κ1) is 69.4. The zero-order valence-electron chi connectivity index (χ0n) is 64.6. The molecule has 3 heteroatoms. The summed E-state index contributed by atoms with van der Waals surface area (Å²) in [4.78, 5) is 5.05. The second-order valence-electron chi connectivity index (χ2n) is 33.1. The number of fused-ring (bicyclic) bond motifs is 14. The van der Waals surface area contributed by atoms with Crippen molar-refractivity contribution in [3.8, 4) is 22.3 Å². The molecule has 1 aliphatic heterocycles. The number of benzene rings is 16. The highest BCUT2D eigenvalue weighted by molar-refractivity contribution is 9.10. The Balaban J connectivity index is 0.000000132. The largest absolute Gasteiger partial charge is 0.309 e. The molecular formula is C106H91BrN2. The fraction of sp³-hybridized carbons (Fsp3) is 0.170. The maximum absolute atomic E-state index is 3.98. The first-order valence-electron chi connectivity index (χ1n) is 38.8. The van der Waals surface area contributed by atoms with E-state index < -0.39 is 0 Å². The van der Waals surface area contributed by atoms with Crippen molar-refractivity contribution in [2.45, 2.75) is 117 Å². The number of anilines is 6. The predicted molar refractivity (Wildman–Crippen MR) is 468 cm³/mol. The second kappa shape index (κ2) is 26.5. The molecular weight excluding hydrogens is 1380 g/mol. The average Bonchev–Trinajstić information content (AvgIpc) is 1.69. The third-order valence-electron chi connectivity index (χ3n) is 24.7. The molecule has 0 bridgehead atoms. The fourth-order valence-corrected chi connectivity index (χ4v) is 20.1. The van der Waals surface area contributed by atoms with Crippen molar-refractivity contribution in [1.82, 2.24) is 0 Å². The number of aryl methyl sites for hydroxylation is 4. The summed E-state index contributed by atoms with van der Waals surface area (Å²) >= 11 is 3.98. The first-order valence-corrected chi connectivity index (χ1v) is 39.6. The number of halogens is 1. The minimum atomic E-state index is -0.169. The minimum absolute atomic E-state index is 0.0456. The molecule has 16 aromatic carbocycles. The summed E-state index contributed by atoms with van der Waals surface area (Å²) in [5.41, 5.74) is 35.7. The number of nitrogens with zero attached hydrogens (tertiary/aromatic N) is 2. The molecule has 1 heterocycles. The van der Waals surface area contributed by atoms with E-state index in [1.165, 1.54) is 183 Å². The lowest BCUT2D eigenvalue weighted by atomic mass is 9.62. The van der Waals surface area contributed by atoms with Gasteiger partial charge in [-0.15, -0.1) is 0 Å². The van der Waals surface area contributed by atoms with E-state index in [0.29, 0.717) is 0 Å². The van der Waals surface area contributed by atoms with Gasteiger partial charge in [0, 0.05) is 65.0 Å². The zero-order valence-corrected chi connectivity index (χ0v) is 66.2. The summed E-state index contributed by atoms with van der Waals surface area (Å²) in [6.45, 7) is 27.9. The standard InChI is InChI=1S/C53H45N.C38H30BrN.C15H16/c1-33-17-15-19-35(29-33)54(36-20-16-18-34(2)30-36)51-40-24-9-7-22-38(40)49(39-23-8-10-25-41(39)51)50-42-26-12-14-28-46(42)53(5,6)48-31-43-37-21-11-13-27-45(37)52(3,4)47(43)32-44(48)50;1-37(2)29-18-10-9-13-23(29)28-21-32-34(22-31(28)37)40(33-20-12-11-19-30(33)38(32,3)4)36-26-16-7-5-14-24(26)35(39)25-15-6-8-17-27(25)36;1-12-5-3-7-14(9-12)11-15-8-4-6-13(2)10-15/h7-32,50H,1-6H3;5-22H,1-4H3;3-10H,11H2,1-2H3. The van der Waals surface area contributed by atoms with Crippen LogP contribution in [0.3, 0.4) is 0 Å². The number of para-hydroxylation sites is 1. The molecule has 1 unspecified atom stereocenters. The third-order valence-corrected chi connectivity index (χ3v) is 25.6. The van der Waals surface area contributed by atoms with E-state index in [9.17, 15) is 0 Å². The van der Waals surface area contributed by atoms with E-state index in [-0.39, 0.29) is 27.6 Å². The van der Waals surface area contributed by atoms with Gasteiger partial charge in [0.15, 0.2) is 0 Å². The Morgan fingerprint density at radius 3 is 1.20 bits per heavy atom. The van der Waals surface area contributed by atoms with Crippen LogP contribution in [0.15, 0.2) is 320 Å². The minimum Gasteiger partial charge on any atom is -0.309 e. The third kappa shape index (κ3) is 11.3. The molecule has 0 N–H and O–H groups in total. The smallest absolute Gasteiger partial charge is 0.0619 e. The molecule has 0 saturated heterocycles. The van der Waals surface area contributed by atoms with Crippen molar-refractivity contribution in [2.24, 2.45) is 0 Å². The van der Waals surface area contributed by atoms with Crippen LogP contribution in [0.1, 0.15) is 156 Å². The molecule has 4 aliphatic rings. The maximum Gasteiger partial charge on any atom is 0.0619 e. The van der Waals surface area contributed by atoms with E-state index >= 15 is 0 Å². The van der Waals surface area contributed by atoms with E-state index in [2.05, 4.69) is 424 Å². The van der Waals surface area contributed by atoms with Crippen LogP contribution in [0.25, 0.3) is 65.3 Å². The van der Waals surface area contributed by atoms with Crippen molar-refractivity contribution in [3.05, 3.63) is 415 Å². The molecule has 0 radical (unpaired) electrons. The molecule has 20 rings (SSSR count). The topological polar surface area (TPSA) is 6.48 Å². The van der Waals surface area contributed by atoms with Gasteiger partial charge < -0.3 is 9.80 Å². The van der Waals surface area contributed by atoms with Gasteiger partial charge >= 0.3 is 0 Å². The molecule has 0 amide bonds. The van der Waals surface area contributed by atoms with E-state index in [4.69, 9.17) is 0 Å². The van der Waals surface area contributed by atoms with Crippen LogP contribution < -0.4 is 9.80 Å². The van der Waals surface area contributed by atoms with Crippen LogP contribution in [0.5, 0.6) is 0 Å². The number of hydrogen-bond donors (Lipinski definition) is 0. The van der Waals surface area contributed by atoms with Gasteiger partial charge in [0.1, 0.15) is 0 Å². The van der Waals surface area contributed by atoms with Gasteiger partial charge in [-0.25, -0.2) is 0 Å². The number of hydrogen-bond acceptors (Lipinski definition) is 2. The van der Waals surface area contributed by atoms with Crippen LogP contribution in [0.4, 0.5) is 34.1 Å². The lowest BCUT2D eigenvalue weighted by Gasteiger charge is -2.43. The van der Waals surface area contributed by atoms with Gasteiger partial charge in [-0.3, -0.25) is 0 Å². The summed E-state index contributed by atoms with van der Waals surface area (Å²) in [6.07, 6.45) is 1.03. The van der Waals surface area contributed by atoms with Crippen LogP contribution in [-0.4, -0.2) is 0 Å². The Hall–Kier alpha value is -11.4. The summed E-state index contributed by atoms with van der Waals surface area (Å²) in [6, 6.07) is 118. The van der Waals surface area contributed by atoms with Gasteiger partial charge in [-0.1, -0.05) is 333 Å². The van der Waals surface area contributed by atoms with Crippen LogP contribution in [0, 0.1) is 27.7 Å². The summed E-state index contributed by atoms with van der Waals surface area (Å²) in [5, 5.41) is 10.1. The van der Waals surface area contributed by atoms with Crippen molar-refractivity contribution in [1.29, 1.82) is 0 Å². The molecule has 532 valence electrons. The molecule has 3 aliphatic carbocycles.